The minimum atomic E-state index is 0. The van der Waals surface area contributed by atoms with E-state index in [2.05, 4.69) is 41.4 Å². The van der Waals surface area contributed by atoms with Gasteiger partial charge in [-0.05, 0) is 13.3 Å². The minimum absolute atomic E-state index is 0. The monoisotopic (exact) mass is 438 g/mol. The number of aromatic nitrogens is 1. The number of ether oxygens (including phenoxy) is 1. The van der Waals surface area contributed by atoms with Crippen molar-refractivity contribution in [3.63, 3.8) is 0 Å². The molecule has 5 nitrogen and oxygen atoms in total. The summed E-state index contributed by atoms with van der Waals surface area (Å²) in [5, 5.41) is 7.86. The van der Waals surface area contributed by atoms with Crippen LogP contribution in [0.1, 0.15) is 30.7 Å². The first-order valence-corrected chi connectivity index (χ1v) is 8.50. The predicted molar refractivity (Wildman–Crippen MR) is 104 cm³/mol. The van der Waals surface area contributed by atoms with E-state index in [1.807, 2.05) is 6.20 Å². The van der Waals surface area contributed by atoms with E-state index in [4.69, 9.17) is 4.74 Å². The van der Waals surface area contributed by atoms with Crippen molar-refractivity contribution in [2.24, 2.45) is 10.4 Å². The molecular formula is C15H27IN4OS. The lowest BCUT2D eigenvalue weighted by molar-refractivity contribution is -0.0945. The molecule has 0 atom stereocenters. The Morgan fingerprint density at radius 2 is 2.18 bits per heavy atom. The number of guanidine groups is 1. The van der Waals surface area contributed by atoms with E-state index >= 15 is 0 Å². The summed E-state index contributed by atoms with van der Waals surface area (Å²) in [6, 6.07) is 0. The molecule has 2 N–H and O–H groups in total. The third kappa shape index (κ3) is 6.00. The molecule has 1 fully saturated rings. The third-order valence-electron chi connectivity index (χ3n) is 3.45. The average molecular weight is 438 g/mol. The van der Waals surface area contributed by atoms with Crippen molar-refractivity contribution in [2.45, 2.75) is 33.6 Å². The first-order chi connectivity index (χ1) is 10.1. The minimum Gasteiger partial charge on any atom is -0.380 e. The van der Waals surface area contributed by atoms with Crippen LogP contribution in [-0.2, 0) is 17.6 Å². The lowest BCUT2D eigenvalue weighted by Crippen LogP contribution is -2.44. The van der Waals surface area contributed by atoms with E-state index < -0.39 is 0 Å². The molecule has 7 heteroatoms. The molecule has 1 saturated heterocycles. The molecule has 1 aliphatic heterocycles. The number of thiazole rings is 1. The molecule has 0 aliphatic carbocycles. The standard InChI is InChI=1S/C15H26N4OS.HI/c1-4-12-8-18-13(21-12)6-7-17-14(16-5-2)19-9-15(3)10-20-11-15;/h8H,4-7,9-11H2,1-3H3,(H2,16,17,19);1H. The molecule has 0 unspecified atom stereocenters. The van der Waals surface area contributed by atoms with Crippen LogP contribution in [0.5, 0.6) is 0 Å². The molecule has 2 rings (SSSR count). The van der Waals surface area contributed by atoms with Crippen LogP contribution in [0.15, 0.2) is 11.2 Å². The Bertz CT molecular complexity index is 474. The summed E-state index contributed by atoms with van der Waals surface area (Å²) in [5.74, 6) is 0.887. The van der Waals surface area contributed by atoms with E-state index in [1.54, 1.807) is 11.3 Å². The number of aliphatic imine (C=N–C) groups is 1. The highest BCUT2D eigenvalue weighted by atomic mass is 127. The Hall–Kier alpha value is -0.410. The fourth-order valence-electron chi connectivity index (χ4n) is 2.07. The van der Waals surface area contributed by atoms with Crippen molar-refractivity contribution >= 4 is 41.3 Å². The predicted octanol–water partition coefficient (Wildman–Crippen LogP) is 2.46. The summed E-state index contributed by atoms with van der Waals surface area (Å²) in [4.78, 5) is 10.4. The number of nitrogens with zero attached hydrogens (tertiary/aromatic N) is 2. The second-order valence-corrected chi connectivity index (χ2v) is 6.95. The van der Waals surface area contributed by atoms with Crippen molar-refractivity contribution < 1.29 is 4.74 Å². The first-order valence-electron chi connectivity index (χ1n) is 7.69. The van der Waals surface area contributed by atoms with Crippen LogP contribution in [0, 0.1) is 5.41 Å². The fraction of sp³-hybridized carbons (Fsp3) is 0.733. The van der Waals surface area contributed by atoms with Crippen LogP contribution < -0.4 is 10.6 Å². The zero-order chi connectivity index (χ0) is 15.1. The van der Waals surface area contributed by atoms with E-state index in [-0.39, 0.29) is 29.4 Å². The highest BCUT2D eigenvalue weighted by Gasteiger charge is 2.33. The molecule has 0 amide bonds. The number of nitrogens with one attached hydrogen (secondary N) is 2. The molecule has 0 bridgehead atoms. The first kappa shape index (κ1) is 19.6. The van der Waals surface area contributed by atoms with Gasteiger partial charge in [-0.15, -0.1) is 35.3 Å². The summed E-state index contributed by atoms with van der Waals surface area (Å²) in [6.45, 7) is 10.6. The Balaban J connectivity index is 0.00000242. The molecule has 2 heterocycles. The van der Waals surface area contributed by atoms with E-state index in [1.165, 1.54) is 9.88 Å². The van der Waals surface area contributed by atoms with Gasteiger partial charge in [0.05, 0.1) is 24.8 Å². The molecular weight excluding hydrogens is 411 g/mol. The maximum absolute atomic E-state index is 5.27. The topological polar surface area (TPSA) is 58.5 Å². The van der Waals surface area contributed by atoms with Crippen molar-refractivity contribution in [1.29, 1.82) is 0 Å². The van der Waals surface area contributed by atoms with Crippen LogP contribution in [0.2, 0.25) is 0 Å². The lowest BCUT2D eigenvalue weighted by Gasteiger charge is -2.36. The van der Waals surface area contributed by atoms with Crippen LogP contribution in [0.4, 0.5) is 0 Å². The van der Waals surface area contributed by atoms with Crippen LogP contribution >= 0.6 is 35.3 Å². The van der Waals surface area contributed by atoms with Gasteiger partial charge in [0.25, 0.3) is 0 Å². The van der Waals surface area contributed by atoms with Gasteiger partial charge in [0.1, 0.15) is 0 Å². The molecule has 0 aromatic carbocycles. The average Bonchev–Trinajstić information content (AvgIpc) is 2.90. The van der Waals surface area contributed by atoms with E-state index in [0.29, 0.717) is 0 Å². The van der Waals surface area contributed by atoms with Gasteiger partial charge in [-0.25, -0.2) is 4.98 Å². The summed E-state index contributed by atoms with van der Waals surface area (Å²) < 4.78 is 5.27. The van der Waals surface area contributed by atoms with Gasteiger partial charge >= 0.3 is 0 Å². The Morgan fingerprint density at radius 1 is 1.41 bits per heavy atom. The molecule has 0 radical (unpaired) electrons. The number of hydrogen-bond acceptors (Lipinski definition) is 4. The van der Waals surface area contributed by atoms with Crippen LogP contribution in [-0.4, -0.2) is 43.8 Å². The summed E-state index contributed by atoms with van der Waals surface area (Å²) in [7, 11) is 0. The van der Waals surface area contributed by atoms with Gasteiger partial charge < -0.3 is 15.4 Å². The quantitative estimate of drug-likeness (QED) is 0.390. The normalized spacial score (nSPS) is 16.6. The number of aryl methyl sites for hydroxylation is 1. The highest BCUT2D eigenvalue weighted by molar-refractivity contribution is 14.0. The molecule has 1 aliphatic rings. The maximum atomic E-state index is 5.27. The van der Waals surface area contributed by atoms with E-state index in [9.17, 15) is 0 Å². The van der Waals surface area contributed by atoms with Gasteiger partial charge in [-0.3, -0.25) is 4.99 Å². The largest absolute Gasteiger partial charge is 0.380 e. The lowest BCUT2D eigenvalue weighted by atomic mass is 9.89. The molecule has 1 aromatic heterocycles. The van der Waals surface area contributed by atoms with E-state index in [0.717, 1.165) is 51.6 Å². The van der Waals surface area contributed by atoms with Crippen molar-refractivity contribution in [1.82, 2.24) is 15.6 Å². The maximum Gasteiger partial charge on any atom is 0.191 e. The number of hydrogen-bond donors (Lipinski definition) is 2. The van der Waals surface area contributed by atoms with Crippen LogP contribution in [0.3, 0.4) is 0 Å². The van der Waals surface area contributed by atoms with Gasteiger partial charge in [0, 0.05) is 36.0 Å². The highest BCUT2D eigenvalue weighted by Crippen LogP contribution is 2.26. The zero-order valence-corrected chi connectivity index (χ0v) is 16.8. The summed E-state index contributed by atoms with van der Waals surface area (Å²) >= 11 is 1.80. The number of halogens is 1. The van der Waals surface area contributed by atoms with Crippen molar-refractivity contribution in [3.8, 4) is 0 Å². The van der Waals surface area contributed by atoms with Gasteiger partial charge in [0.15, 0.2) is 5.96 Å². The summed E-state index contributed by atoms with van der Waals surface area (Å²) in [6.07, 6.45) is 3.99. The number of rotatable bonds is 7. The Labute approximate surface area is 154 Å². The molecule has 0 spiro atoms. The van der Waals surface area contributed by atoms with Gasteiger partial charge in [-0.1, -0.05) is 13.8 Å². The SMILES string of the molecule is CCNC(=NCC1(C)COC1)NCCc1ncc(CC)s1.I. The molecule has 126 valence electrons. The second-order valence-electron chi connectivity index (χ2n) is 5.75. The second kappa shape index (κ2) is 9.67. The van der Waals surface area contributed by atoms with Gasteiger partial charge in [-0.2, -0.15) is 0 Å². The molecule has 1 aromatic rings. The third-order valence-corrected chi connectivity index (χ3v) is 4.65. The van der Waals surface area contributed by atoms with Gasteiger partial charge in [0.2, 0.25) is 0 Å². The Morgan fingerprint density at radius 3 is 2.73 bits per heavy atom. The van der Waals surface area contributed by atoms with Crippen molar-refractivity contribution in [2.75, 3.05) is 32.8 Å². The summed E-state index contributed by atoms with van der Waals surface area (Å²) in [5.41, 5.74) is 0.216. The Kier molecular flexibility index (Phi) is 8.63. The van der Waals surface area contributed by atoms with Crippen LogP contribution in [0.25, 0.3) is 0 Å². The smallest absolute Gasteiger partial charge is 0.191 e. The molecule has 0 saturated carbocycles. The zero-order valence-electron chi connectivity index (χ0n) is 13.6. The molecule has 22 heavy (non-hydrogen) atoms. The van der Waals surface area contributed by atoms with Crippen molar-refractivity contribution in [3.05, 3.63) is 16.1 Å². The fourth-order valence-corrected chi connectivity index (χ4v) is 2.93.